The number of nitrogens with one attached hydrogen (secondary N) is 4. The Labute approximate surface area is 332 Å². The van der Waals surface area contributed by atoms with Crippen molar-refractivity contribution in [2.75, 3.05) is 31.6 Å². The molecule has 2 saturated carbocycles. The molecule has 5 amide bonds. The van der Waals surface area contributed by atoms with Crippen molar-refractivity contribution in [3.05, 3.63) is 38.7 Å². The van der Waals surface area contributed by atoms with Crippen LogP contribution in [0.1, 0.15) is 113 Å². The smallest absolute Gasteiger partial charge is 0.315 e. The molecular weight excluding hydrogens is 713 g/mol. The average Bonchev–Trinajstić information content (AvgIpc) is 3.41. The van der Waals surface area contributed by atoms with E-state index in [-0.39, 0.29) is 49.1 Å². The van der Waals surface area contributed by atoms with Crippen molar-refractivity contribution in [2.45, 2.75) is 137 Å². The molecule has 13 nitrogen and oxygen atoms in total. The molecule has 1 aromatic rings. The molecule has 1 aliphatic heterocycles. The standard InChI is InChI=1S/C43H64N6O7/c1-13-15-19-26(32(50)37(54)44-22-14-2)45-36(53)31-28-25(42(28,9)10)23-49(31)38(55)35(43(11)20-17-16-18-21-43)47-39(56)46-27(40(3,4)5)24-48(12)30-29(41(6,7)8)33(51)34(30)52/h1,14,25-28,31,35H,2,15-24H2,3-12H3,(H,44,54)(H,45,53)(H2,46,47,56)/t25-,26?,27+,28-,31-,35+/m0/s1. The minimum atomic E-state index is -1.19. The van der Waals surface area contributed by atoms with Crippen LogP contribution in [0.3, 0.4) is 0 Å². The van der Waals surface area contributed by atoms with Gasteiger partial charge in [-0.25, -0.2) is 4.79 Å². The number of likely N-dealkylation sites (tertiary alicyclic amines) is 1. The highest BCUT2D eigenvalue weighted by molar-refractivity contribution is 6.38. The predicted molar refractivity (Wildman–Crippen MR) is 218 cm³/mol. The van der Waals surface area contributed by atoms with Gasteiger partial charge in [0.05, 0.1) is 17.8 Å². The first-order valence-corrected chi connectivity index (χ1v) is 20.0. The molecule has 0 spiro atoms. The van der Waals surface area contributed by atoms with Crippen molar-refractivity contribution in [1.82, 2.24) is 26.2 Å². The number of carbonyl (C=O) groups excluding carboxylic acids is 5. The van der Waals surface area contributed by atoms with Crippen molar-refractivity contribution in [3.63, 3.8) is 0 Å². The van der Waals surface area contributed by atoms with Crippen LogP contribution >= 0.6 is 0 Å². The molecule has 3 fully saturated rings. The molecule has 1 saturated heterocycles. The summed E-state index contributed by atoms with van der Waals surface area (Å²) in [4.78, 5) is 97.8. The van der Waals surface area contributed by atoms with Gasteiger partial charge in [0.1, 0.15) is 12.1 Å². The molecule has 308 valence electrons. The Hall–Kier alpha value is -4.47. The van der Waals surface area contributed by atoms with Crippen LogP contribution in [0.4, 0.5) is 10.5 Å². The van der Waals surface area contributed by atoms with Crippen LogP contribution in [-0.4, -0.2) is 85.3 Å². The first-order chi connectivity index (χ1) is 25.9. The maximum atomic E-state index is 14.9. The molecular formula is C43H64N6O7. The molecule has 56 heavy (non-hydrogen) atoms. The first-order valence-electron chi connectivity index (χ1n) is 20.0. The fourth-order valence-corrected chi connectivity index (χ4v) is 9.00. The van der Waals surface area contributed by atoms with Gasteiger partial charge in [0.15, 0.2) is 0 Å². The molecule has 0 aromatic heterocycles. The number of Topliss-reactive ketones (excluding diaryl/α,β-unsaturated/α-hetero) is 1. The van der Waals surface area contributed by atoms with Gasteiger partial charge in [-0.2, -0.15) is 0 Å². The lowest BCUT2D eigenvalue weighted by molar-refractivity contribution is -0.146. The number of ketones is 1. The van der Waals surface area contributed by atoms with Crippen LogP contribution in [-0.2, 0) is 24.6 Å². The minimum absolute atomic E-state index is 0.0285. The first kappa shape index (κ1) is 44.2. The summed E-state index contributed by atoms with van der Waals surface area (Å²) in [5.41, 5.74) is -2.08. The molecule has 1 unspecified atom stereocenters. The fourth-order valence-electron chi connectivity index (χ4n) is 9.00. The number of terminal acetylenes is 1. The Morgan fingerprint density at radius 1 is 0.982 bits per heavy atom. The molecule has 3 aliphatic rings. The highest BCUT2D eigenvalue weighted by Crippen LogP contribution is 2.65. The van der Waals surface area contributed by atoms with Crippen molar-refractivity contribution in [3.8, 4) is 12.3 Å². The zero-order valence-electron chi connectivity index (χ0n) is 35.1. The second-order valence-corrected chi connectivity index (χ2v) is 19.3. The van der Waals surface area contributed by atoms with E-state index in [1.165, 1.54) is 6.08 Å². The van der Waals surface area contributed by atoms with Crippen molar-refractivity contribution >= 4 is 35.2 Å². The Morgan fingerprint density at radius 2 is 1.61 bits per heavy atom. The summed E-state index contributed by atoms with van der Waals surface area (Å²) >= 11 is 0. The largest absolute Gasteiger partial charge is 0.369 e. The average molecular weight is 777 g/mol. The van der Waals surface area contributed by atoms with Crippen LogP contribution in [0, 0.1) is 40.4 Å². The molecule has 0 radical (unpaired) electrons. The molecule has 2 aliphatic carbocycles. The number of hydrogen-bond donors (Lipinski definition) is 4. The van der Waals surface area contributed by atoms with Crippen LogP contribution in [0.2, 0.25) is 0 Å². The Morgan fingerprint density at radius 3 is 2.16 bits per heavy atom. The molecule has 1 heterocycles. The Bertz CT molecular complexity index is 1810. The quantitative estimate of drug-likeness (QED) is 0.119. The third-order valence-corrected chi connectivity index (χ3v) is 12.6. The second kappa shape index (κ2) is 16.6. The lowest BCUT2D eigenvalue weighted by Crippen LogP contribution is -2.63. The number of amides is 5. The van der Waals surface area contributed by atoms with Gasteiger partial charge in [-0.05, 0) is 52.8 Å². The Kier molecular flexibility index (Phi) is 13.1. The topological polar surface area (TPSA) is 174 Å². The summed E-state index contributed by atoms with van der Waals surface area (Å²) in [6, 6.07) is -4.14. The number of urea groups is 1. The predicted octanol–water partition coefficient (Wildman–Crippen LogP) is 3.32. The third kappa shape index (κ3) is 9.05. The van der Waals surface area contributed by atoms with E-state index < -0.39 is 74.9 Å². The summed E-state index contributed by atoms with van der Waals surface area (Å²) in [6.45, 7) is 21.9. The molecule has 1 aromatic carbocycles. The zero-order chi connectivity index (χ0) is 42.1. The normalized spacial score (nSPS) is 22.7. The summed E-state index contributed by atoms with van der Waals surface area (Å²) in [5.74, 6) is -0.294. The maximum absolute atomic E-state index is 14.9. The third-order valence-electron chi connectivity index (χ3n) is 12.6. The van der Waals surface area contributed by atoms with Crippen LogP contribution < -0.4 is 37.0 Å². The number of rotatable bonds is 15. The van der Waals surface area contributed by atoms with E-state index in [0.717, 1.165) is 19.3 Å². The summed E-state index contributed by atoms with van der Waals surface area (Å²) in [5, 5.41) is 11.4. The number of piperidine rings is 1. The molecule has 0 bridgehead atoms. The van der Waals surface area contributed by atoms with Gasteiger partial charge < -0.3 is 31.1 Å². The van der Waals surface area contributed by atoms with E-state index in [1.807, 2.05) is 48.5 Å². The van der Waals surface area contributed by atoms with Gasteiger partial charge >= 0.3 is 6.03 Å². The van der Waals surface area contributed by atoms with E-state index >= 15 is 0 Å². The van der Waals surface area contributed by atoms with Crippen LogP contribution in [0.5, 0.6) is 0 Å². The van der Waals surface area contributed by atoms with Crippen LogP contribution in [0.15, 0.2) is 22.2 Å². The summed E-state index contributed by atoms with van der Waals surface area (Å²) in [7, 11) is 1.74. The number of hydrogen-bond acceptors (Lipinski definition) is 8. The van der Waals surface area contributed by atoms with E-state index in [0.29, 0.717) is 30.6 Å². The van der Waals surface area contributed by atoms with E-state index in [9.17, 15) is 33.6 Å². The van der Waals surface area contributed by atoms with Crippen LogP contribution in [0.25, 0.3) is 0 Å². The lowest BCUT2D eigenvalue weighted by Gasteiger charge is -2.43. The van der Waals surface area contributed by atoms with Gasteiger partial charge in [0.2, 0.25) is 28.5 Å². The van der Waals surface area contributed by atoms with Crippen molar-refractivity contribution < 1.29 is 24.0 Å². The maximum Gasteiger partial charge on any atom is 0.315 e. The molecule has 6 atom stereocenters. The molecule has 13 heteroatoms. The van der Waals surface area contributed by atoms with Crippen molar-refractivity contribution in [2.24, 2.45) is 28.1 Å². The number of likely N-dealkylation sites (N-methyl/N-ethyl adjacent to an activating group) is 1. The van der Waals surface area contributed by atoms with Gasteiger partial charge in [0.25, 0.3) is 5.91 Å². The monoisotopic (exact) mass is 776 g/mol. The summed E-state index contributed by atoms with van der Waals surface area (Å²) in [6.07, 6.45) is 11.3. The summed E-state index contributed by atoms with van der Waals surface area (Å²) < 4.78 is 0. The SMILES string of the molecule is C#CCCC(NC(=O)[C@@H]1[C@@H]2[C@H](CN1C(=O)[C@@H](NC(=O)N[C@H](CN(C)c1c(C(C)(C)C)c(=O)c1=O)C(C)(C)C)C1(C)CCCCC1)C2(C)C)C(=O)C(=O)NCC=C. The highest BCUT2D eigenvalue weighted by Gasteiger charge is 2.70. The van der Waals surface area contributed by atoms with Gasteiger partial charge in [-0.1, -0.05) is 87.7 Å². The van der Waals surface area contributed by atoms with Gasteiger partial charge in [-0.3, -0.25) is 28.8 Å². The van der Waals surface area contributed by atoms with Gasteiger partial charge in [-0.15, -0.1) is 18.9 Å². The zero-order valence-corrected chi connectivity index (χ0v) is 35.1. The van der Waals surface area contributed by atoms with E-state index in [1.54, 1.807) is 16.8 Å². The highest BCUT2D eigenvalue weighted by atomic mass is 16.2. The van der Waals surface area contributed by atoms with E-state index in [2.05, 4.69) is 47.6 Å². The number of nitrogens with zero attached hydrogens (tertiary/aromatic N) is 2. The second-order valence-electron chi connectivity index (χ2n) is 19.3. The Balaban J connectivity index is 1.61. The van der Waals surface area contributed by atoms with E-state index in [4.69, 9.17) is 6.42 Å². The molecule has 4 rings (SSSR count). The fraction of sp³-hybridized carbons (Fsp3) is 0.698. The van der Waals surface area contributed by atoms with Gasteiger partial charge in [0, 0.05) is 38.7 Å². The molecule has 4 N–H and O–H groups in total. The van der Waals surface area contributed by atoms with Crippen molar-refractivity contribution in [1.29, 1.82) is 0 Å². The number of anilines is 1. The number of fused-ring (bicyclic) bond motifs is 1. The number of carbonyl (C=O) groups is 5. The minimum Gasteiger partial charge on any atom is -0.369 e. The lowest BCUT2D eigenvalue weighted by atomic mass is 9.70.